The lowest BCUT2D eigenvalue weighted by Gasteiger charge is -2.44. The molecule has 0 unspecified atom stereocenters. The van der Waals surface area contributed by atoms with E-state index in [1.165, 1.54) is 7.11 Å². The first-order valence-corrected chi connectivity index (χ1v) is 7.72. The lowest BCUT2D eigenvalue weighted by Crippen LogP contribution is -2.52. The van der Waals surface area contributed by atoms with Gasteiger partial charge >= 0.3 is 5.97 Å². The first kappa shape index (κ1) is 13.6. The molecule has 3 aliphatic rings. The highest BCUT2D eigenvalue weighted by Crippen LogP contribution is 2.36. The van der Waals surface area contributed by atoms with Gasteiger partial charge in [-0.05, 0) is 24.5 Å². The predicted molar refractivity (Wildman–Crippen MR) is 83.2 cm³/mol. The first-order valence-electron chi connectivity index (χ1n) is 7.72. The molecule has 1 aliphatic carbocycles. The summed E-state index contributed by atoms with van der Waals surface area (Å²) >= 11 is 0. The van der Waals surface area contributed by atoms with Crippen LogP contribution in [0.1, 0.15) is 12.2 Å². The lowest BCUT2D eigenvalue weighted by atomic mass is 9.77. The van der Waals surface area contributed by atoms with Crippen molar-refractivity contribution in [3.05, 3.63) is 48.2 Å². The van der Waals surface area contributed by atoms with Crippen LogP contribution in [0.25, 0.3) is 11.0 Å². The van der Waals surface area contributed by atoms with Crippen LogP contribution in [-0.2, 0) is 16.1 Å². The molecule has 114 valence electrons. The Balaban J connectivity index is 1.57. The van der Waals surface area contributed by atoms with Crippen LogP contribution >= 0.6 is 0 Å². The van der Waals surface area contributed by atoms with Crippen LogP contribution in [0.2, 0.25) is 0 Å². The molecule has 0 radical (unpaired) electrons. The molecule has 1 aromatic heterocycles. The van der Waals surface area contributed by atoms with Crippen molar-refractivity contribution in [3.63, 3.8) is 0 Å². The molecule has 0 N–H and O–H groups in total. The average Bonchev–Trinajstić information content (AvgIpc) is 2.96. The minimum absolute atomic E-state index is 0.0573. The van der Waals surface area contributed by atoms with Crippen molar-refractivity contribution in [1.29, 1.82) is 0 Å². The van der Waals surface area contributed by atoms with Crippen LogP contribution in [0.5, 0.6) is 0 Å². The van der Waals surface area contributed by atoms with E-state index in [2.05, 4.69) is 29.2 Å². The minimum atomic E-state index is -0.103. The van der Waals surface area contributed by atoms with Crippen molar-refractivity contribution in [3.8, 4) is 0 Å². The number of furan rings is 1. The zero-order valence-corrected chi connectivity index (χ0v) is 12.6. The fourth-order valence-electron chi connectivity index (χ4n) is 3.76. The molecule has 5 rings (SSSR count). The Hall–Kier alpha value is -2.07. The SMILES string of the molecule is COC(=O)[C@@H]1C[C@@H]2C=C[C@H]1N(Cc1cc3ccccc3o1)C2. The molecule has 22 heavy (non-hydrogen) atoms. The van der Waals surface area contributed by atoms with Gasteiger partial charge in [-0.1, -0.05) is 30.4 Å². The average molecular weight is 297 g/mol. The molecular weight excluding hydrogens is 278 g/mol. The summed E-state index contributed by atoms with van der Waals surface area (Å²) in [6, 6.07) is 10.2. The zero-order valence-electron chi connectivity index (χ0n) is 12.6. The number of piperidine rings is 1. The fourth-order valence-corrected chi connectivity index (χ4v) is 3.76. The third kappa shape index (κ3) is 2.24. The molecule has 2 aromatic rings. The van der Waals surface area contributed by atoms with Gasteiger partial charge in [-0.2, -0.15) is 0 Å². The molecule has 2 bridgehead atoms. The van der Waals surface area contributed by atoms with Gasteiger partial charge in [0.1, 0.15) is 11.3 Å². The first-order chi connectivity index (χ1) is 10.7. The number of carbonyl (C=O) groups excluding carboxylic acids is 1. The quantitative estimate of drug-likeness (QED) is 0.645. The van der Waals surface area contributed by atoms with E-state index in [1.807, 2.05) is 18.2 Å². The topological polar surface area (TPSA) is 42.7 Å². The molecule has 0 amide bonds. The van der Waals surface area contributed by atoms with E-state index in [9.17, 15) is 4.79 Å². The molecule has 1 saturated heterocycles. The van der Waals surface area contributed by atoms with E-state index in [-0.39, 0.29) is 17.9 Å². The van der Waals surface area contributed by atoms with E-state index >= 15 is 0 Å². The van der Waals surface area contributed by atoms with Crippen molar-refractivity contribution >= 4 is 16.9 Å². The van der Waals surface area contributed by atoms with Crippen LogP contribution in [0.3, 0.4) is 0 Å². The predicted octanol–water partition coefficient (Wildman–Crippen LogP) is 2.98. The standard InChI is InChI=1S/C18H19NO3/c1-21-18(20)15-8-12-6-7-16(15)19(10-12)11-14-9-13-4-2-3-5-17(13)22-14/h2-7,9,12,15-16H,8,10-11H2,1H3/t12-,15+,16+/m0/s1. The van der Waals surface area contributed by atoms with Gasteiger partial charge in [0, 0.05) is 18.0 Å². The van der Waals surface area contributed by atoms with Gasteiger partial charge in [0.2, 0.25) is 0 Å². The second kappa shape index (κ2) is 5.29. The Kier molecular flexibility index (Phi) is 3.26. The van der Waals surface area contributed by atoms with Crippen LogP contribution in [0.15, 0.2) is 46.9 Å². The number of benzene rings is 1. The second-order valence-electron chi connectivity index (χ2n) is 6.18. The van der Waals surface area contributed by atoms with Crippen LogP contribution < -0.4 is 0 Å². The highest BCUT2D eigenvalue weighted by Gasteiger charge is 2.41. The smallest absolute Gasteiger partial charge is 0.310 e. The summed E-state index contributed by atoms with van der Waals surface area (Å²) in [6.45, 7) is 1.71. The second-order valence-corrected chi connectivity index (χ2v) is 6.18. The summed E-state index contributed by atoms with van der Waals surface area (Å²) in [6.07, 6.45) is 5.28. The van der Waals surface area contributed by atoms with Crippen molar-refractivity contribution in [2.45, 2.75) is 19.0 Å². The number of methoxy groups -OCH3 is 1. The monoisotopic (exact) mass is 297 g/mol. The third-order valence-corrected chi connectivity index (χ3v) is 4.78. The van der Waals surface area contributed by atoms with Gasteiger partial charge in [0.25, 0.3) is 0 Å². The Labute approximate surface area is 129 Å². The molecule has 2 aliphatic heterocycles. The summed E-state index contributed by atoms with van der Waals surface area (Å²) in [4.78, 5) is 14.3. The molecule has 4 heteroatoms. The molecular formula is C18H19NO3. The number of hydrogen-bond acceptors (Lipinski definition) is 4. The van der Waals surface area contributed by atoms with E-state index in [0.29, 0.717) is 5.92 Å². The van der Waals surface area contributed by atoms with Crippen molar-refractivity contribution in [2.75, 3.05) is 13.7 Å². The molecule has 3 atom stereocenters. The van der Waals surface area contributed by atoms with Crippen molar-refractivity contribution < 1.29 is 13.9 Å². The van der Waals surface area contributed by atoms with Gasteiger partial charge in [0.15, 0.2) is 0 Å². The van der Waals surface area contributed by atoms with Crippen molar-refractivity contribution in [2.24, 2.45) is 11.8 Å². The van der Waals surface area contributed by atoms with E-state index in [1.54, 1.807) is 0 Å². The number of rotatable bonds is 3. The Bertz CT molecular complexity index is 700. The van der Waals surface area contributed by atoms with Gasteiger partial charge in [-0.15, -0.1) is 0 Å². The largest absolute Gasteiger partial charge is 0.469 e. The number of fused-ring (bicyclic) bond motifs is 3. The zero-order chi connectivity index (χ0) is 15.1. The number of para-hydroxylation sites is 1. The van der Waals surface area contributed by atoms with Gasteiger partial charge in [-0.25, -0.2) is 0 Å². The normalized spacial score (nSPS) is 27.4. The Morgan fingerprint density at radius 1 is 1.36 bits per heavy atom. The summed E-state index contributed by atoms with van der Waals surface area (Å²) < 4.78 is 10.9. The highest BCUT2D eigenvalue weighted by atomic mass is 16.5. The summed E-state index contributed by atoms with van der Waals surface area (Å²) in [7, 11) is 1.47. The number of carbonyl (C=O) groups is 1. The number of esters is 1. The number of hydrogen-bond donors (Lipinski definition) is 0. The summed E-state index contributed by atoms with van der Waals surface area (Å²) in [5, 5.41) is 1.12. The van der Waals surface area contributed by atoms with E-state index in [4.69, 9.17) is 9.15 Å². The summed E-state index contributed by atoms with van der Waals surface area (Å²) in [5.41, 5.74) is 0.916. The van der Waals surface area contributed by atoms with E-state index in [0.717, 1.165) is 36.2 Å². The molecule has 0 spiro atoms. The molecule has 1 aromatic carbocycles. The van der Waals surface area contributed by atoms with Crippen LogP contribution in [0, 0.1) is 11.8 Å². The third-order valence-electron chi connectivity index (χ3n) is 4.78. The molecule has 4 nitrogen and oxygen atoms in total. The van der Waals surface area contributed by atoms with E-state index < -0.39 is 0 Å². The maximum Gasteiger partial charge on any atom is 0.310 e. The lowest BCUT2D eigenvalue weighted by molar-refractivity contribution is -0.150. The number of nitrogens with zero attached hydrogens (tertiary/aromatic N) is 1. The minimum Gasteiger partial charge on any atom is -0.469 e. The van der Waals surface area contributed by atoms with Gasteiger partial charge in [0.05, 0.1) is 19.6 Å². The highest BCUT2D eigenvalue weighted by molar-refractivity contribution is 5.77. The summed E-state index contributed by atoms with van der Waals surface area (Å²) in [5.74, 6) is 1.22. The molecule has 3 heterocycles. The Morgan fingerprint density at radius 3 is 3.00 bits per heavy atom. The number of ether oxygens (including phenoxy) is 1. The van der Waals surface area contributed by atoms with Crippen LogP contribution in [-0.4, -0.2) is 30.6 Å². The molecule has 0 saturated carbocycles. The van der Waals surface area contributed by atoms with Gasteiger partial charge in [-0.3, -0.25) is 9.69 Å². The molecule has 1 fully saturated rings. The van der Waals surface area contributed by atoms with Gasteiger partial charge < -0.3 is 9.15 Å². The maximum absolute atomic E-state index is 12.0. The fraction of sp³-hybridized carbons (Fsp3) is 0.389. The maximum atomic E-state index is 12.0. The van der Waals surface area contributed by atoms with Crippen LogP contribution in [0.4, 0.5) is 0 Å². The Morgan fingerprint density at radius 2 is 2.23 bits per heavy atom. The van der Waals surface area contributed by atoms with Crippen molar-refractivity contribution in [1.82, 2.24) is 4.90 Å².